The monoisotopic (exact) mass is 324 g/mol. The molecule has 2 rings (SSSR count). The van der Waals surface area contributed by atoms with Crippen LogP contribution in [0.3, 0.4) is 0 Å². The summed E-state index contributed by atoms with van der Waals surface area (Å²) in [4.78, 5) is 2.15. The summed E-state index contributed by atoms with van der Waals surface area (Å²) in [5, 5.41) is 0.885. The fraction of sp³-hybridized carbons (Fsp3) is 0.200. The van der Waals surface area contributed by atoms with E-state index in [2.05, 4.69) is 28.9 Å². The maximum Gasteiger partial charge on any atom is 0.131 e. The zero-order valence-electron chi connectivity index (χ0n) is 10.1. The van der Waals surface area contributed by atoms with Gasteiger partial charge in [0.05, 0.1) is 0 Å². The van der Waals surface area contributed by atoms with E-state index in [1.165, 1.54) is 16.5 Å². The molecule has 1 aromatic heterocycles. The lowest BCUT2D eigenvalue weighted by Gasteiger charge is -1.98. The average molecular weight is 325 g/mol. The molecule has 0 radical (unpaired) electrons. The van der Waals surface area contributed by atoms with Gasteiger partial charge in [0.15, 0.2) is 0 Å². The Balaban J connectivity index is 2.32. The quantitative estimate of drug-likeness (QED) is 0.629. The number of allylic oxidation sites excluding steroid dienone is 1. The van der Waals surface area contributed by atoms with Gasteiger partial charge in [-0.3, -0.25) is 0 Å². The van der Waals surface area contributed by atoms with Crippen LogP contribution in [0.4, 0.5) is 4.39 Å². The van der Waals surface area contributed by atoms with Crippen molar-refractivity contribution in [1.82, 2.24) is 0 Å². The van der Waals surface area contributed by atoms with Crippen LogP contribution < -0.4 is 0 Å². The first-order chi connectivity index (χ1) is 8.74. The summed E-state index contributed by atoms with van der Waals surface area (Å²) in [6, 6.07) is 10.9. The highest BCUT2D eigenvalue weighted by molar-refractivity contribution is 9.09. The maximum atomic E-state index is 13.7. The normalized spacial score (nSPS) is 11.8. The molecule has 0 unspecified atom stereocenters. The topological polar surface area (TPSA) is 0 Å². The van der Waals surface area contributed by atoms with E-state index in [1.807, 2.05) is 24.3 Å². The Morgan fingerprint density at radius 2 is 2.06 bits per heavy atom. The Hall–Kier alpha value is -0.930. The lowest BCUT2D eigenvalue weighted by Crippen LogP contribution is -1.79. The molecule has 0 spiro atoms. The number of hydrogen-bond acceptors (Lipinski definition) is 1. The van der Waals surface area contributed by atoms with Crippen molar-refractivity contribution in [3.8, 4) is 10.4 Å². The molecule has 1 heterocycles. The summed E-state index contributed by atoms with van der Waals surface area (Å²) in [6.45, 7) is 2.14. The minimum absolute atomic E-state index is 0.161. The van der Waals surface area contributed by atoms with Crippen LogP contribution in [0.2, 0.25) is 0 Å². The molecule has 0 saturated heterocycles. The molecular formula is C15H14BrFS. The van der Waals surface area contributed by atoms with Gasteiger partial charge < -0.3 is 0 Å². The molecule has 0 aliphatic carbocycles. The lowest BCUT2D eigenvalue weighted by molar-refractivity contribution is 0.631. The van der Waals surface area contributed by atoms with E-state index in [-0.39, 0.29) is 5.82 Å². The molecule has 0 aliphatic heterocycles. The number of hydrogen-bond donors (Lipinski definition) is 0. The van der Waals surface area contributed by atoms with E-state index in [4.69, 9.17) is 0 Å². The Labute approximate surface area is 119 Å². The highest BCUT2D eigenvalue weighted by Crippen LogP contribution is 2.31. The van der Waals surface area contributed by atoms with Crippen LogP contribution in [-0.4, -0.2) is 5.33 Å². The molecule has 0 amide bonds. The van der Waals surface area contributed by atoms with Crippen LogP contribution in [0.5, 0.6) is 0 Å². The summed E-state index contributed by atoms with van der Waals surface area (Å²) < 4.78 is 13.7. The van der Waals surface area contributed by atoms with Gasteiger partial charge in [-0.05, 0) is 30.7 Å². The number of benzene rings is 1. The van der Waals surface area contributed by atoms with Gasteiger partial charge in [-0.1, -0.05) is 46.6 Å². The number of rotatable bonds is 4. The minimum atomic E-state index is -0.161. The van der Waals surface area contributed by atoms with Crippen LogP contribution in [0.1, 0.15) is 18.2 Å². The zero-order valence-corrected chi connectivity index (χ0v) is 12.5. The van der Waals surface area contributed by atoms with Gasteiger partial charge in [-0.2, -0.15) is 0 Å². The molecular weight excluding hydrogens is 311 g/mol. The summed E-state index contributed by atoms with van der Waals surface area (Å²) in [5.74, 6) is -0.161. The number of halogens is 2. The van der Waals surface area contributed by atoms with E-state index in [9.17, 15) is 4.39 Å². The zero-order chi connectivity index (χ0) is 13.0. The lowest BCUT2D eigenvalue weighted by atomic mass is 10.2. The third-order valence-corrected chi connectivity index (χ3v) is 4.52. The second-order valence-electron chi connectivity index (χ2n) is 3.97. The molecule has 1 aromatic carbocycles. The third kappa shape index (κ3) is 3.09. The van der Waals surface area contributed by atoms with Crippen molar-refractivity contribution in [2.75, 3.05) is 5.33 Å². The van der Waals surface area contributed by atoms with Crippen LogP contribution in [-0.2, 0) is 0 Å². The molecule has 0 fully saturated rings. The Bertz CT molecular complexity index is 551. The predicted octanol–water partition coefficient (Wildman–Crippen LogP) is 5.74. The van der Waals surface area contributed by atoms with Crippen molar-refractivity contribution in [1.29, 1.82) is 0 Å². The molecule has 3 heteroatoms. The molecule has 0 nitrogen and oxygen atoms in total. The van der Waals surface area contributed by atoms with Gasteiger partial charge in [-0.25, -0.2) is 4.39 Å². The molecule has 2 aromatic rings. The van der Waals surface area contributed by atoms with Gasteiger partial charge in [0.2, 0.25) is 0 Å². The first-order valence-electron chi connectivity index (χ1n) is 5.84. The van der Waals surface area contributed by atoms with Crippen molar-refractivity contribution < 1.29 is 4.39 Å². The van der Waals surface area contributed by atoms with Crippen LogP contribution in [0, 0.1) is 5.82 Å². The molecule has 18 heavy (non-hydrogen) atoms. The van der Waals surface area contributed by atoms with E-state index in [0.29, 0.717) is 5.56 Å². The summed E-state index contributed by atoms with van der Waals surface area (Å²) >= 11 is 5.10. The van der Waals surface area contributed by atoms with Crippen LogP contribution in [0.25, 0.3) is 16.5 Å². The molecule has 0 saturated carbocycles. The average Bonchev–Trinajstić information content (AvgIpc) is 2.85. The molecule has 0 N–H and O–H groups in total. The van der Waals surface area contributed by atoms with Crippen molar-refractivity contribution in [2.45, 2.75) is 13.3 Å². The summed E-state index contributed by atoms with van der Waals surface area (Å²) in [6.07, 6.45) is 3.20. The SMILES string of the molecule is CCC(=Cc1ccc(-c2ccccc2F)s1)CBr. The minimum Gasteiger partial charge on any atom is -0.206 e. The Kier molecular flexibility index (Phi) is 4.72. The van der Waals surface area contributed by atoms with Gasteiger partial charge in [-0.15, -0.1) is 11.3 Å². The summed E-state index contributed by atoms with van der Waals surface area (Å²) in [7, 11) is 0. The van der Waals surface area contributed by atoms with Crippen molar-refractivity contribution >= 4 is 33.3 Å². The first kappa shape index (κ1) is 13.5. The van der Waals surface area contributed by atoms with E-state index < -0.39 is 0 Å². The molecule has 0 atom stereocenters. The molecule has 0 bridgehead atoms. The van der Waals surface area contributed by atoms with Gasteiger partial charge in [0, 0.05) is 20.6 Å². The fourth-order valence-electron chi connectivity index (χ4n) is 1.67. The van der Waals surface area contributed by atoms with Crippen LogP contribution in [0.15, 0.2) is 42.0 Å². The van der Waals surface area contributed by atoms with E-state index in [1.54, 1.807) is 17.4 Å². The second kappa shape index (κ2) is 6.30. The Morgan fingerprint density at radius 3 is 2.72 bits per heavy atom. The van der Waals surface area contributed by atoms with Gasteiger partial charge in [0.1, 0.15) is 5.82 Å². The third-order valence-electron chi connectivity index (χ3n) is 2.74. The largest absolute Gasteiger partial charge is 0.206 e. The number of alkyl halides is 1. The highest BCUT2D eigenvalue weighted by atomic mass is 79.9. The van der Waals surface area contributed by atoms with Crippen LogP contribution >= 0.6 is 27.3 Å². The van der Waals surface area contributed by atoms with E-state index in [0.717, 1.165) is 16.6 Å². The standard InChI is InChI=1S/C15H14BrFS/c1-2-11(10-16)9-12-7-8-15(18-12)13-5-3-4-6-14(13)17/h3-9H,2,10H2,1H3. The van der Waals surface area contributed by atoms with Gasteiger partial charge in [0.25, 0.3) is 0 Å². The first-order valence-corrected chi connectivity index (χ1v) is 7.78. The second-order valence-corrected chi connectivity index (χ2v) is 5.65. The smallest absolute Gasteiger partial charge is 0.131 e. The van der Waals surface area contributed by atoms with Crippen molar-refractivity contribution in [3.63, 3.8) is 0 Å². The number of thiophene rings is 1. The van der Waals surface area contributed by atoms with Crippen molar-refractivity contribution in [3.05, 3.63) is 52.7 Å². The molecule has 0 aliphatic rings. The Morgan fingerprint density at radius 1 is 1.28 bits per heavy atom. The fourth-order valence-corrected chi connectivity index (χ4v) is 3.26. The van der Waals surface area contributed by atoms with E-state index >= 15 is 0 Å². The predicted molar refractivity (Wildman–Crippen MR) is 81.8 cm³/mol. The van der Waals surface area contributed by atoms with Crippen molar-refractivity contribution in [2.24, 2.45) is 0 Å². The maximum absolute atomic E-state index is 13.7. The summed E-state index contributed by atoms with van der Waals surface area (Å²) in [5.41, 5.74) is 2.02. The molecule has 94 valence electrons. The van der Waals surface area contributed by atoms with Gasteiger partial charge >= 0.3 is 0 Å². The highest BCUT2D eigenvalue weighted by Gasteiger charge is 2.06.